The molecule has 1 aliphatic heterocycles. The normalized spacial score (nSPS) is 24.5. The van der Waals surface area contributed by atoms with Crippen LogP contribution in [0, 0.1) is 12.7 Å². The molecule has 3 N–H and O–H groups in total. The van der Waals surface area contributed by atoms with Gasteiger partial charge in [-0.1, -0.05) is 22.9 Å². The number of hydrogen-bond acceptors (Lipinski definition) is 6. The number of amides is 2. The van der Waals surface area contributed by atoms with Crippen LogP contribution in [0.15, 0.2) is 35.1 Å². The van der Waals surface area contributed by atoms with Gasteiger partial charge < -0.3 is 20.3 Å². The number of benzene rings is 1. The van der Waals surface area contributed by atoms with Crippen LogP contribution in [0.25, 0.3) is 0 Å². The second-order valence-electron chi connectivity index (χ2n) is 11.1. The summed E-state index contributed by atoms with van der Waals surface area (Å²) in [6.45, 7) is 8.30. The highest BCUT2D eigenvalue weighted by Crippen LogP contribution is 2.36. The van der Waals surface area contributed by atoms with E-state index in [4.69, 9.17) is 4.52 Å². The van der Waals surface area contributed by atoms with E-state index in [2.05, 4.69) is 20.7 Å². The number of rotatable bonds is 7. The lowest BCUT2D eigenvalue weighted by atomic mass is 9.78. The molecule has 9 heteroatoms. The maximum absolute atomic E-state index is 14.5. The van der Waals surface area contributed by atoms with Crippen LogP contribution < -0.4 is 10.6 Å². The molecule has 0 atom stereocenters. The van der Waals surface area contributed by atoms with Gasteiger partial charge in [-0.05, 0) is 59.4 Å². The lowest BCUT2D eigenvalue weighted by Gasteiger charge is -2.54. The summed E-state index contributed by atoms with van der Waals surface area (Å²) in [5, 5.41) is 20.0. The molecule has 2 aliphatic rings. The van der Waals surface area contributed by atoms with Gasteiger partial charge in [-0.3, -0.25) is 14.5 Å². The lowest BCUT2D eigenvalue weighted by molar-refractivity contribution is -0.127. The molecule has 0 radical (unpaired) electrons. The van der Waals surface area contributed by atoms with E-state index in [1.807, 2.05) is 13.8 Å². The molecule has 0 bridgehead atoms. The van der Waals surface area contributed by atoms with Gasteiger partial charge >= 0.3 is 0 Å². The molecule has 1 saturated heterocycles. The number of aromatic nitrogens is 1. The van der Waals surface area contributed by atoms with Crippen LogP contribution in [0.5, 0.6) is 0 Å². The molecule has 0 spiro atoms. The van der Waals surface area contributed by atoms with Gasteiger partial charge in [0, 0.05) is 30.8 Å². The quantitative estimate of drug-likeness (QED) is 0.555. The van der Waals surface area contributed by atoms with E-state index >= 15 is 0 Å². The SMILES string of the molecule is Cc1ccc(F)c(C(C)(C)NC(=O)CC2(NC(=O)c3ccon3)CN(C3CCC(C)(O)CC3)C2)c1. The average Bonchev–Trinajstić information content (AvgIpc) is 3.28. The highest BCUT2D eigenvalue weighted by atomic mass is 19.1. The molecule has 1 aliphatic carbocycles. The van der Waals surface area contributed by atoms with Crippen molar-refractivity contribution in [2.75, 3.05) is 13.1 Å². The number of halogens is 1. The highest BCUT2D eigenvalue weighted by Gasteiger charge is 2.49. The van der Waals surface area contributed by atoms with Crippen LogP contribution in [0.4, 0.5) is 4.39 Å². The smallest absolute Gasteiger partial charge is 0.273 e. The van der Waals surface area contributed by atoms with Crippen molar-refractivity contribution >= 4 is 11.8 Å². The molecule has 2 aromatic rings. The van der Waals surface area contributed by atoms with E-state index in [9.17, 15) is 19.1 Å². The molecule has 0 unspecified atom stereocenters. The lowest BCUT2D eigenvalue weighted by Crippen LogP contribution is -2.73. The zero-order valence-electron chi connectivity index (χ0n) is 20.9. The Balaban J connectivity index is 1.46. The van der Waals surface area contributed by atoms with Gasteiger partial charge in [0.15, 0.2) is 5.69 Å². The molecular weight excluding hydrogens is 451 g/mol. The largest absolute Gasteiger partial charge is 0.390 e. The molecule has 2 fully saturated rings. The molecule has 190 valence electrons. The maximum atomic E-state index is 14.5. The number of carbonyl (C=O) groups excluding carboxylic acids is 2. The summed E-state index contributed by atoms with van der Waals surface area (Å²) in [5.74, 6) is -1.05. The van der Waals surface area contributed by atoms with Crippen LogP contribution >= 0.6 is 0 Å². The predicted octanol–water partition coefficient (Wildman–Crippen LogP) is 3.04. The standard InChI is InChI=1S/C26H35FN4O4/c1-17-5-6-20(27)19(13-17)24(2,3)28-22(32)14-26(29-23(33)21-9-12-35-30-21)15-31(16-26)18-7-10-25(4,34)11-8-18/h5-6,9,12-13,18,34H,7-8,10-11,14-16H2,1-4H3,(H,28,32)(H,29,33). The minimum Gasteiger partial charge on any atom is -0.390 e. The van der Waals surface area contributed by atoms with Gasteiger partial charge in [-0.15, -0.1) is 0 Å². The number of carbonyl (C=O) groups is 2. The maximum Gasteiger partial charge on any atom is 0.273 e. The Kier molecular flexibility index (Phi) is 6.76. The Morgan fingerprint density at radius 2 is 1.94 bits per heavy atom. The molecule has 1 saturated carbocycles. The minimum absolute atomic E-state index is 0.0500. The molecule has 2 heterocycles. The van der Waals surface area contributed by atoms with Crippen LogP contribution in [-0.4, -0.2) is 57.2 Å². The van der Waals surface area contributed by atoms with Crippen LogP contribution in [-0.2, 0) is 10.3 Å². The Morgan fingerprint density at radius 3 is 2.57 bits per heavy atom. The van der Waals surface area contributed by atoms with E-state index in [1.165, 1.54) is 18.4 Å². The first-order valence-electron chi connectivity index (χ1n) is 12.2. The minimum atomic E-state index is -0.928. The van der Waals surface area contributed by atoms with Gasteiger partial charge in [0.25, 0.3) is 5.91 Å². The van der Waals surface area contributed by atoms with Gasteiger partial charge in [-0.25, -0.2) is 4.39 Å². The molecule has 4 rings (SSSR count). The summed E-state index contributed by atoms with van der Waals surface area (Å²) in [6.07, 6.45) is 4.56. The molecule has 35 heavy (non-hydrogen) atoms. The fourth-order valence-electron chi connectivity index (χ4n) is 5.33. The van der Waals surface area contributed by atoms with Crippen molar-refractivity contribution in [1.82, 2.24) is 20.7 Å². The molecular formula is C26H35FN4O4. The summed E-state index contributed by atoms with van der Waals surface area (Å²) >= 11 is 0. The van der Waals surface area contributed by atoms with Crippen molar-refractivity contribution in [2.45, 2.75) is 82.5 Å². The number of nitrogens with zero attached hydrogens (tertiary/aromatic N) is 2. The fourth-order valence-corrected chi connectivity index (χ4v) is 5.33. The van der Waals surface area contributed by atoms with Gasteiger partial charge in [0.05, 0.1) is 23.1 Å². The van der Waals surface area contributed by atoms with E-state index in [-0.39, 0.29) is 23.8 Å². The zero-order valence-corrected chi connectivity index (χ0v) is 20.9. The van der Waals surface area contributed by atoms with Gasteiger partial charge in [0.1, 0.15) is 12.1 Å². The molecule has 1 aromatic carbocycles. The first kappa shape index (κ1) is 25.3. The first-order chi connectivity index (χ1) is 16.4. The number of aryl methyl sites for hydroxylation is 1. The number of likely N-dealkylation sites (tertiary alicyclic amines) is 1. The van der Waals surface area contributed by atoms with Crippen molar-refractivity contribution in [3.63, 3.8) is 0 Å². The number of hydrogen-bond donors (Lipinski definition) is 3. The van der Waals surface area contributed by atoms with E-state index in [1.54, 1.807) is 26.0 Å². The van der Waals surface area contributed by atoms with Crippen molar-refractivity contribution in [3.05, 3.63) is 53.2 Å². The van der Waals surface area contributed by atoms with E-state index in [0.29, 0.717) is 24.7 Å². The Bertz CT molecular complexity index is 1070. The van der Waals surface area contributed by atoms with Crippen molar-refractivity contribution < 1.29 is 23.6 Å². The monoisotopic (exact) mass is 486 g/mol. The average molecular weight is 487 g/mol. The molecule has 8 nitrogen and oxygen atoms in total. The number of nitrogens with one attached hydrogen (secondary N) is 2. The third-order valence-electron chi connectivity index (χ3n) is 7.36. The molecule has 2 amide bonds. The Morgan fingerprint density at radius 1 is 1.26 bits per heavy atom. The molecule has 1 aromatic heterocycles. The first-order valence-corrected chi connectivity index (χ1v) is 12.2. The zero-order chi connectivity index (χ0) is 25.4. The topological polar surface area (TPSA) is 108 Å². The Labute approximate surface area is 205 Å². The van der Waals surface area contributed by atoms with Crippen molar-refractivity contribution in [3.8, 4) is 0 Å². The van der Waals surface area contributed by atoms with Crippen molar-refractivity contribution in [2.24, 2.45) is 0 Å². The fraction of sp³-hybridized carbons (Fsp3) is 0.577. The highest BCUT2D eigenvalue weighted by molar-refractivity contribution is 5.93. The third kappa shape index (κ3) is 5.73. The van der Waals surface area contributed by atoms with Gasteiger partial charge in [0.2, 0.25) is 5.91 Å². The summed E-state index contributed by atoms with van der Waals surface area (Å²) in [7, 11) is 0. The number of aliphatic hydroxyl groups is 1. The Hall–Kier alpha value is -2.78. The summed E-state index contributed by atoms with van der Waals surface area (Å²) in [6, 6.07) is 6.61. The van der Waals surface area contributed by atoms with Crippen LogP contribution in [0.3, 0.4) is 0 Å². The third-order valence-corrected chi connectivity index (χ3v) is 7.36. The van der Waals surface area contributed by atoms with E-state index in [0.717, 1.165) is 31.2 Å². The van der Waals surface area contributed by atoms with E-state index < -0.39 is 22.6 Å². The second kappa shape index (κ2) is 9.35. The van der Waals surface area contributed by atoms with Crippen molar-refractivity contribution in [1.29, 1.82) is 0 Å². The second-order valence-corrected chi connectivity index (χ2v) is 11.1. The van der Waals surface area contributed by atoms with Crippen LogP contribution in [0.2, 0.25) is 0 Å². The van der Waals surface area contributed by atoms with Crippen LogP contribution in [0.1, 0.15) is 74.5 Å². The predicted molar refractivity (Wildman–Crippen MR) is 128 cm³/mol. The summed E-state index contributed by atoms with van der Waals surface area (Å²) < 4.78 is 19.3. The summed E-state index contributed by atoms with van der Waals surface area (Å²) in [5.41, 5.74) is -0.864. The van der Waals surface area contributed by atoms with Gasteiger partial charge in [-0.2, -0.15) is 0 Å². The summed E-state index contributed by atoms with van der Waals surface area (Å²) in [4.78, 5) is 28.2.